The minimum Gasteiger partial charge on any atom is -0.480 e. The van der Waals surface area contributed by atoms with Crippen LogP contribution in [-0.4, -0.2) is 75.5 Å². The molecule has 48 heavy (non-hydrogen) atoms. The second-order valence-corrected chi connectivity index (χ2v) is 10.8. The number of hydrogen-bond donors (Lipinski definition) is 4. The van der Waals surface area contributed by atoms with Gasteiger partial charge in [-0.1, -0.05) is 91.0 Å². The molecule has 3 aromatic rings. The predicted octanol–water partition coefficient (Wildman–Crippen LogP) is 2.78. The third-order valence-corrected chi connectivity index (χ3v) is 7.14. The summed E-state index contributed by atoms with van der Waals surface area (Å²) in [6, 6.07) is 22.4. The molecular weight excluding hydrogens is 620 g/mol. The maximum absolute atomic E-state index is 13.6. The van der Waals surface area contributed by atoms with Gasteiger partial charge in [0.05, 0.1) is 6.04 Å². The molecule has 0 saturated carbocycles. The molecule has 0 aliphatic rings. The fourth-order valence-corrected chi connectivity index (χ4v) is 4.43. The van der Waals surface area contributed by atoms with E-state index in [9.17, 15) is 24.0 Å². The number of imide groups is 1. The van der Waals surface area contributed by atoms with Crippen molar-refractivity contribution in [3.05, 3.63) is 108 Å². The quantitative estimate of drug-likeness (QED) is 0.145. The first kappa shape index (κ1) is 36.9. The maximum atomic E-state index is 13.6. The van der Waals surface area contributed by atoms with Crippen molar-refractivity contribution in [2.75, 3.05) is 6.54 Å². The zero-order chi connectivity index (χ0) is 35.1. The first-order chi connectivity index (χ1) is 23.0. The van der Waals surface area contributed by atoms with Crippen LogP contribution in [-0.2, 0) is 43.5 Å². The van der Waals surface area contributed by atoms with E-state index in [1.165, 1.54) is 6.92 Å². The Kier molecular flexibility index (Phi) is 14.2. The van der Waals surface area contributed by atoms with Crippen LogP contribution in [0.4, 0.5) is 9.59 Å². The lowest BCUT2D eigenvalue weighted by atomic mass is 10.1. The lowest BCUT2D eigenvalue weighted by molar-refractivity contribution is -0.138. The standard InChI is InChI=1S/C34H40N6O8/c1-23(40(34(46)48-22-26-16-9-4-10-17-26)30(42)28(36)20-24-12-5-2-6-13-24)29(41)38-32(37)39(19-11-18-27(35)31(43)44)33(45)47-21-25-14-7-3-8-15-25/h2-10,12-17,23,27-28H,11,18-22,35-36H2,1H3,(H,43,44)(H2,37,38,41)/t23-,27-,28+/m0/s1. The molecule has 0 aliphatic heterocycles. The smallest absolute Gasteiger partial charge is 0.417 e. The molecule has 0 bridgehead atoms. The number of aliphatic carboxylic acids is 1. The molecule has 0 heterocycles. The first-order valence-electron chi connectivity index (χ1n) is 15.2. The molecule has 0 saturated heterocycles. The Morgan fingerprint density at radius 1 is 0.750 bits per heavy atom. The van der Waals surface area contributed by atoms with Crippen molar-refractivity contribution in [2.45, 2.75) is 57.5 Å². The van der Waals surface area contributed by atoms with Gasteiger partial charge in [0, 0.05) is 6.54 Å². The molecule has 14 nitrogen and oxygen atoms in total. The van der Waals surface area contributed by atoms with Gasteiger partial charge in [-0.25, -0.2) is 19.4 Å². The lowest BCUT2D eigenvalue weighted by Gasteiger charge is -2.27. The normalized spacial score (nSPS) is 13.0. The van der Waals surface area contributed by atoms with Crippen molar-refractivity contribution in [1.29, 1.82) is 0 Å². The largest absolute Gasteiger partial charge is 0.480 e. The van der Waals surface area contributed by atoms with Gasteiger partial charge in [0.1, 0.15) is 25.3 Å². The number of rotatable bonds is 14. The highest BCUT2D eigenvalue weighted by molar-refractivity contribution is 6.04. The third kappa shape index (κ3) is 11.3. The van der Waals surface area contributed by atoms with Crippen LogP contribution in [0.25, 0.3) is 0 Å². The minimum atomic E-state index is -1.55. The van der Waals surface area contributed by atoms with Gasteiger partial charge < -0.3 is 31.8 Å². The number of hydrogen-bond acceptors (Lipinski definition) is 9. The number of nitrogens with two attached hydrogens (primary N) is 3. The van der Waals surface area contributed by atoms with Gasteiger partial charge in [0.2, 0.25) is 11.9 Å². The number of carbonyl (C=O) groups excluding carboxylic acids is 4. The summed E-state index contributed by atoms with van der Waals surface area (Å²) >= 11 is 0. The van der Waals surface area contributed by atoms with Crippen LogP contribution in [0.5, 0.6) is 0 Å². The molecule has 0 aromatic heterocycles. The van der Waals surface area contributed by atoms with E-state index in [2.05, 4.69) is 4.99 Å². The van der Waals surface area contributed by atoms with Crippen molar-refractivity contribution < 1.29 is 38.6 Å². The van der Waals surface area contributed by atoms with Crippen LogP contribution in [0, 0.1) is 0 Å². The van der Waals surface area contributed by atoms with Crippen LogP contribution >= 0.6 is 0 Å². The maximum Gasteiger partial charge on any atom is 0.417 e. The molecule has 3 aromatic carbocycles. The molecular formula is C34H40N6O8. The highest BCUT2D eigenvalue weighted by Gasteiger charge is 2.36. The van der Waals surface area contributed by atoms with Crippen LogP contribution in [0.1, 0.15) is 36.5 Å². The van der Waals surface area contributed by atoms with E-state index in [0.29, 0.717) is 16.0 Å². The van der Waals surface area contributed by atoms with E-state index >= 15 is 0 Å². The van der Waals surface area contributed by atoms with Gasteiger partial charge in [-0.3, -0.25) is 14.4 Å². The Morgan fingerprint density at radius 2 is 1.23 bits per heavy atom. The zero-order valence-corrected chi connectivity index (χ0v) is 26.5. The molecule has 7 N–H and O–H groups in total. The van der Waals surface area contributed by atoms with Crippen LogP contribution in [0.3, 0.4) is 0 Å². The van der Waals surface area contributed by atoms with Gasteiger partial charge in [-0.05, 0) is 42.9 Å². The summed E-state index contributed by atoms with van der Waals surface area (Å²) in [5.74, 6) is -3.79. The summed E-state index contributed by atoms with van der Waals surface area (Å²) in [5, 5.41) is 9.12. The molecule has 3 atom stereocenters. The Balaban J connectivity index is 1.83. The number of carboxylic acids is 1. The number of carbonyl (C=O) groups is 5. The van der Waals surface area contributed by atoms with E-state index in [1.54, 1.807) is 91.0 Å². The van der Waals surface area contributed by atoms with Gasteiger partial charge >= 0.3 is 18.2 Å². The fraction of sp³-hybridized carbons (Fsp3) is 0.294. The second kappa shape index (κ2) is 18.5. The molecule has 14 heteroatoms. The average Bonchev–Trinajstić information content (AvgIpc) is 3.09. The molecule has 0 spiro atoms. The molecule has 0 aliphatic carbocycles. The minimum absolute atomic E-state index is 0.0235. The van der Waals surface area contributed by atoms with Crippen molar-refractivity contribution in [3.63, 3.8) is 0 Å². The molecule has 3 rings (SSSR count). The first-order valence-corrected chi connectivity index (χ1v) is 15.2. The Hall–Kier alpha value is -5.60. The highest BCUT2D eigenvalue weighted by Crippen LogP contribution is 2.13. The number of nitrogens with zero attached hydrogens (tertiary/aromatic N) is 3. The SMILES string of the molecule is C[C@@H](C(=O)N=C(N)N(CCC[C@H](N)C(=O)O)C(=O)OCc1ccccc1)N(C(=O)OCc1ccccc1)C(=O)[C@H](N)Cc1ccccc1. The molecule has 0 fully saturated rings. The summed E-state index contributed by atoms with van der Waals surface area (Å²) in [6.45, 7) is 0.732. The number of ether oxygens (including phenoxy) is 2. The van der Waals surface area contributed by atoms with E-state index < -0.39 is 54.1 Å². The monoisotopic (exact) mass is 660 g/mol. The van der Waals surface area contributed by atoms with Gasteiger partial charge in [0.25, 0.3) is 5.91 Å². The van der Waals surface area contributed by atoms with Crippen LogP contribution in [0.2, 0.25) is 0 Å². The molecule has 254 valence electrons. The van der Waals surface area contributed by atoms with Crippen molar-refractivity contribution >= 4 is 35.9 Å². The Labute approximate surface area is 278 Å². The summed E-state index contributed by atoms with van der Waals surface area (Å²) < 4.78 is 10.7. The third-order valence-electron chi connectivity index (χ3n) is 7.14. The average molecular weight is 661 g/mol. The van der Waals surface area contributed by atoms with Crippen LogP contribution < -0.4 is 17.2 Å². The van der Waals surface area contributed by atoms with Crippen molar-refractivity contribution in [3.8, 4) is 0 Å². The molecule has 4 amide bonds. The zero-order valence-electron chi connectivity index (χ0n) is 26.5. The summed E-state index contributed by atoms with van der Waals surface area (Å²) in [7, 11) is 0. The number of carboxylic acid groups (broad SMARTS) is 1. The number of benzene rings is 3. The number of guanidine groups is 1. The Bertz CT molecular complexity index is 1560. The fourth-order valence-electron chi connectivity index (χ4n) is 4.43. The second-order valence-electron chi connectivity index (χ2n) is 10.8. The van der Waals surface area contributed by atoms with E-state index in [0.717, 1.165) is 10.5 Å². The van der Waals surface area contributed by atoms with E-state index in [4.69, 9.17) is 31.8 Å². The van der Waals surface area contributed by atoms with E-state index in [1.807, 2.05) is 0 Å². The van der Waals surface area contributed by atoms with Crippen LogP contribution in [0.15, 0.2) is 96.0 Å². The highest BCUT2D eigenvalue weighted by atomic mass is 16.6. The van der Waals surface area contributed by atoms with Gasteiger partial charge in [-0.2, -0.15) is 4.99 Å². The number of amides is 4. The number of aliphatic imine (C=N–C) groups is 1. The Morgan fingerprint density at radius 3 is 1.73 bits per heavy atom. The van der Waals surface area contributed by atoms with Crippen molar-refractivity contribution in [2.24, 2.45) is 22.2 Å². The van der Waals surface area contributed by atoms with Gasteiger partial charge in [-0.15, -0.1) is 0 Å². The summed E-state index contributed by atoms with van der Waals surface area (Å²) in [4.78, 5) is 69.9. The van der Waals surface area contributed by atoms with Gasteiger partial charge in [0.15, 0.2) is 0 Å². The molecule has 0 radical (unpaired) electrons. The lowest BCUT2D eigenvalue weighted by Crippen LogP contribution is -2.54. The van der Waals surface area contributed by atoms with Crippen molar-refractivity contribution in [1.82, 2.24) is 9.80 Å². The predicted molar refractivity (Wildman–Crippen MR) is 176 cm³/mol. The summed E-state index contributed by atoms with van der Waals surface area (Å²) in [6.07, 6.45) is -2.00. The molecule has 0 unspecified atom stereocenters. The van der Waals surface area contributed by atoms with E-state index in [-0.39, 0.29) is 39.0 Å². The topological polar surface area (TPSA) is 221 Å². The summed E-state index contributed by atoms with van der Waals surface area (Å²) in [5.41, 5.74) is 20.0.